The summed E-state index contributed by atoms with van der Waals surface area (Å²) in [5.41, 5.74) is 0.380. The van der Waals surface area contributed by atoms with Crippen LogP contribution in [0.15, 0.2) is 18.2 Å². The van der Waals surface area contributed by atoms with E-state index in [2.05, 4.69) is 4.72 Å². The van der Waals surface area contributed by atoms with E-state index in [0.717, 1.165) is 12.3 Å². The molecular formula is C10H14F2N2O2S. The number of nitrogens with zero attached hydrogens (tertiary/aromatic N) is 1. The molecule has 1 aromatic rings. The monoisotopic (exact) mass is 264 g/mol. The van der Waals surface area contributed by atoms with E-state index in [4.69, 9.17) is 0 Å². The Morgan fingerprint density at radius 2 is 2.06 bits per heavy atom. The van der Waals surface area contributed by atoms with Crippen LogP contribution in [0.25, 0.3) is 4.72 Å². The Labute approximate surface area is 99.1 Å². The van der Waals surface area contributed by atoms with E-state index in [1.165, 1.54) is 12.1 Å². The van der Waals surface area contributed by atoms with Gasteiger partial charge in [0.2, 0.25) is 0 Å². The first kappa shape index (κ1) is 14.0. The molecule has 0 heterocycles. The fourth-order valence-corrected chi connectivity index (χ4v) is 1.69. The molecule has 4 nitrogen and oxygen atoms in total. The fraction of sp³-hybridized carbons (Fsp3) is 0.400. The first-order valence-electron chi connectivity index (χ1n) is 5.03. The first-order chi connectivity index (χ1) is 7.88. The second-order valence-electron chi connectivity index (χ2n) is 3.60. The summed E-state index contributed by atoms with van der Waals surface area (Å²) in [6, 6.07) is 3.38. The molecule has 7 heteroatoms. The van der Waals surface area contributed by atoms with E-state index in [1.807, 2.05) is 0 Å². The molecule has 17 heavy (non-hydrogen) atoms. The average Bonchev–Trinajstić information content (AvgIpc) is 2.18. The molecule has 0 aliphatic rings. The highest BCUT2D eigenvalue weighted by Gasteiger charge is 2.04. The van der Waals surface area contributed by atoms with Crippen LogP contribution in [-0.4, -0.2) is 27.8 Å². The van der Waals surface area contributed by atoms with Crippen molar-refractivity contribution in [1.82, 2.24) is 0 Å². The van der Waals surface area contributed by atoms with Crippen molar-refractivity contribution in [2.75, 3.05) is 19.3 Å². The van der Waals surface area contributed by atoms with Crippen LogP contribution in [0.1, 0.15) is 5.56 Å². The molecule has 0 aliphatic heterocycles. The van der Waals surface area contributed by atoms with E-state index in [9.17, 15) is 17.2 Å². The van der Waals surface area contributed by atoms with Gasteiger partial charge in [-0.25, -0.2) is 17.2 Å². The summed E-state index contributed by atoms with van der Waals surface area (Å²) < 4.78 is 50.5. The zero-order chi connectivity index (χ0) is 12.9. The number of hydrogen-bond donors (Lipinski definition) is 1. The van der Waals surface area contributed by atoms with Crippen LogP contribution in [0.3, 0.4) is 0 Å². The van der Waals surface area contributed by atoms with E-state index in [-0.39, 0.29) is 6.54 Å². The summed E-state index contributed by atoms with van der Waals surface area (Å²) in [4.78, 5) is 0. The van der Waals surface area contributed by atoms with Crippen LogP contribution < -0.4 is 5.32 Å². The molecule has 96 valence electrons. The number of rotatable bonds is 6. The lowest BCUT2D eigenvalue weighted by atomic mass is 10.2. The number of sulfonamides is 1. The molecule has 2 N–H and O–H groups in total. The third-order valence-electron chi connectivity index (χ3n) is 2.04. The molecule has 0 saturated carbocycles. The van der Waals surface area contributed by atoms with Crippen molar-refractivity contribution in [2.24, 2.45) is 0 Å². The maximum atomic E-state index is 13.2. The molecular weight excluding hydrogens is 250 g/mol. The molecule has 0 aromatic heterocycles. The van der Waals surface area contributed by atoms with Crippen molar-refractivity contribution in [3.63, 3.8) is 0 Å². The van der Waals surface area contributed by atoms with Gasteiger partial charge in [0.1, 0.15) is 18.2 Å². The van der Waals surface area contributed by atoms with Crippen molar-refractivity contribution < 1.29 is 22.5 Å². The molecule has 0 unspecified atom stereocenters. The minimum absolute atomic E-state index is 0.154. The number of hydrogen-bond acceptors (Lipinski definition) is 2. The Hall–Kier alpha value is -1.05. The Bertz CT molecular complexity index is 477. The van der Waals surface area contributed by atoms with Crippen LogP contribution in [0.4, 0.5) is 8.78 Å². The summed E-state index contributed by atoms with van der Waals surface area (Å²) in [6.45, 7) is 0.914. The van der Waals surface area contributed by atoms with Gasteiger partial charge >= 0.3 is 0 Å². The predicted octanol–water partition coefficient (Wildman–Crippen LogP) is 0.362. The quantitative estimate of drug-likeness (QED) is 0.754. The van der Waals surface area contributed by atoms with Gasteiger partial charge in [-0.1, -0.05) is 6.54 Å². The zero-order valence-electron chi connectivity index (χ0n) is 9.36. The van der Waals surface area contributed by atoms with Crippen LogP contribution in [0.2, 0.25) is 0 Å². The molecule has 0 fully saturated rings. The van der Waals surface area contributed by atoms with Gasteiger partial charge in [0.15, 0.2) is 0 Å². The summed E-state index contributed by atoms with van der Waals surface area (Å²) in [6.07, 6.45) is 1.02. The van der Waals surface area contributed by atoms with E-state index in [1.54, 1.807) is 5.32 Å². The molecule has 0 saturated heterocycles. The summed E-state index contributed by atoms with van der Waals surface area (Å²) in [5, 5.41) is 1.71. The molecule has 1 rings (SSSR count). The summed E-state index contributed by atoms with van der Waals surface area (Å²) in [5.74, 6) is -1.21. The summed E-state index contributed by atoms with van der Waals surface area (Å²) in [7, 11) is -3.30. The third kappa shape index (κ3) is 5.71. The zero-order valence-corrected chi connectivity index (χ0v) is 10.2. The van der Waals surface area contributed by atoms with Gasteiger partial charge in [0, 0.05) is 17.9 Å². The average molecular weight is 264 g/mol. The normalized spacial score (nSPS) is 11.7. The van der Waals surface area contributed by atoms with Crippen LogP contribution in [-0.2, 0) is 16.6 Å². The lowest BCUT2D eigenvalue weighted by Gasteiger charge is -2.14. The standard InChI is InChI=1S/C10H13F2N2O2S/c1-17(15,16)14-5-4-13-7-8-2-3-9(11)6-10(8)12/h2-3,6,13H,4-5,7H2,1H3/q-1/p+1. The Morgan fingerprint density at radius 1 is 1.35 bits per heavy atom. The molecule has 0 atom stereocenters. The maximum Gasteiger partial charge on any atom is 0.134 e. The molecule has 0 bridgehead atoms. The van der Waals surface area contributed by atoms with Gasteiger partial charge in [-0.15, -0.1) is 0 Å². The van der Waals surface area contributed by atoms with Crippen LogP contribution >= 0.6 is 0 Å². The minimum atomic E-state index is -3.30. The van der Waals surface area contributed by atoms with E-state index >= 15 is 0 Å². The Morgan fingerprint density at radius 3 is 2.65 bits per heavy atom. The van der Waals surface area contributed by atoms with Crippen LogP contribution in [0.5, 0.6) is 0 Å². The van der Waals surface area contributed by atoms with Gasteiger partial charge in [0.25, 0.3) is 0 Å². The van der Waals surface area contributed by atoms with Crippen molar-refractivity contribution >= 4 is 10.0 Å². The lowest BCUT2D eigenvalue weighted by Crippen LogP contribution is -2.83. The SMILES string of the molecule is CS(=O)(=O)[N-]CC[NH2+]Cc1ccc(F)cc1F. The highest BCUT2D eigenvalue weighted by atomic mass is 32.2. The maximum absolute atomic E-state index is 13.2. The predicted molar refractivity (Wildman–Crippen MR) is 59.9 cm³/mol. The van der Waals surface area contributed by atoms with Crippen molar-refractivity contribution in [3.05, 3.63) is 40.1 Å². The van der Waals surface area contributed by atoms with E-state index < -0.39 is 21.7 Å². The largest absolute Gasteiger partial charge is 0.545 e. The number of quaternary nitrogens is 1. The van der Waals surface area contributed by atoms with E-state index in [0.29, 0.717) is 18.7 Å². The van der Waals surface area contributed by atoms with Gasteiger partial charge in [0.05, 0.1) is 16.6 Å². The number of halogens is 2. The smallest absolute Gasteiger partial charge is 0.134 e. The third-order valence-corrected chi connectivity index (χ3v) is 2.69. The summed E-state index contributed by atoms with van der Waals surface area (Å²) >= 11 is 0. The van der Waals surface area contributed by atoms with Gasteiger partial charge in [-0.3, -0.25) is 0 Å². The van der Waals surface area contributed by atoms with Crippen molar-refractivity contribution in [2.45, 2.75) is 6.54 Å². The lowest BCUT2D eigenvalue weighted by molar-refractivity contribution is -0.667. The second kappa shape index (κ2) is 6.04. The Kier molecular flexibility index (Phi) is 4.98. The van der Waals surface area contributed by atoms with Crippen molar-refractivity contribution in [3.8, 4) is 0 Å². The molecule has 0 aliphatic carbocycles. The number of nitrogens with two attached hydrogens (primary N) is 1. The van der Waals surface area contributed by atoms with Gasteiger partial charge in [-0.2, -0.15) is 0 Å². The van der Waals surface area contributed by atoms with Crippen molar-refractivity contribution in [1.29, 1.82) is 0 Å². The molecule has 0 spiro atoms. The minimum Gasteiger partial charge on any atom is -0.545 e. The van der Waals surface area contributed by atoms with Gasteiger partial charge in [-0.05, 0) is 12.1 Å². The highest BCUT2D eigenvalue weighted by molar-refractivity contribution is 7.93. The second-order valence-corrected chi connectivity index (χ2v) is 5.33. The first-order valence-corrected chi connectivity index (χ1v) is 6.87. The highest BCUT2D eigenvalue weighted by Crippen LogP contribution is 2.07. The number of benzene rings is 1. The molecule has 0 radical (unpaired) electrons. The topological polar surface area (TPSA) is 64.8 Å². The molecule has 1 aromatic carbocycles. The van der Waals surface area contributed by atoms with Crippen LogP contribution in [0, 0.1) is 11.6 Å². The Balaban J connectivity index is 2.32. The fourth-order valence-electron chi connectivity index (χ4n) is 1.25. The molecule has 0 amide bonds. The van der Waals surface area contributed by atoms with Gasteiger partial charge < -0.3 is 10.0 Å².